The van der Waals surface area contributed by atoms with Crippen molar-refractivity contribution in [3.8, 4) is 5.75 Å². The van der Waals surface area contributed by atoms with E-state index >= 15 is 4.39 Å². The van der Waals surface area contributed by atoms with Crippen molar-refractivity contribution >= 4 is 11.8 Å². The van der Waals surface area contributed by atoms with Gasteiger partial charge in [-0.15, -0.1) is 0 Å². The summed E-state index contributed by atoms with van der Waals surface area (Å²) in [7, 11) is 0. The number of aryl methyl sites for hydroxylation is 2. The number of nitrogens with one attached hydrogen (secondary N) is 1. The molecule has 4 heterocycles. The smallest absolute Gasteiger partial charge is 0.328 e. The van der Waals surface area contributed by atoms with Crippen molar-refractivity contribution in [1.29, 1.82) is 0 Å². The van der Waals surface area contributed by atoms with Crippen LogP contribution >= 0.6 is 0 Å². The lowest BCUT2D eigenvalue weighted by Crippen LogP contribution is -2.56. The van der Waals surface area contributed by atoms with E-state index in [1.807, 2.05) is 20.8 Å². The van der Waals surface area contributed by atoms with Crippen LogP contribution < -0.4 is 10.1 Å². The number of anilines is 1. The van der Waals surface area contributed by atoms with Gasteiger partial charge in [-0.3, -0.25) is 4.90 Å². The van der Waals surface area contributed by atoms with Gasteiger partial charge in [-0.1, -0.05) is 12.5 Å². The van der Waals surface area contributed by atoms with Crippen LogP contribution in [0.15, 0.2) is 24.3 Å². The normalized spacial score (nSPS) is 20.2. The standard InChI is InChI=1S/C36H50FN3O5/c1-36(2,3)45-35(41)33(30-20-26(37)21-31(32(30)24-10-11-24)44-28-14-18-42-19-15-28)40-22-29(23-40)43-17-6-4-5-9-27-13-12-25-8-7-16-38-34(25)39-27/h12-13,20-21,24,28-29,33H,4-11,14-19,22-23H2,1-3H3,(H,38,39). The predicted molar refractivity (Wildman–Crippen MR) is 171 cm³/mol. The van der Waals surface area contributed by atoms with Crippen LogP contribution in [0.25, 0.3) is 0 Å². The van der Waals surface area contributed by atoms with Gasteiger partial charge in [-0.2, -0.15) is 0 Å². The molecule has 3 aliphatic heterocycles. The number of fused-ring (bicyclic) bond motifs is 1. The van der Waals surface area contributed by atoms with Gasteiger partial charge in [0, 0.05) is 56.4 Å². The molecule has 1 aliphatic carbocycles. The molecule has 1 aromatic heterocycles. The summed E-state index contributed by atoms with van der Waals surface area (Å²) in [5.74, 6) is 1.16. The summed E-state index contributed by atoms with van der Waals surface area (Å²) in [6, 6.07) is 6.71. The second-order valence-electron chi connectivity index (χ2n) is 14.1. The quantitative estimate of drug-likeness (QED) is 0.200. The van der Waals surface area contributed by atoms with Crippen molar-refractivity contribution in [2.75, 3.05) is 44.8 Å². The Morgan fingerprint density at radius 3 is 2.64 bits per heavy atom. The van der Waals surface area contributed by atoms with E-state index in [1.54, 1.807) is 0 Å². The molecule has 0 bridgehead atoms. The SMILES string of the molecule is CC(C)(C)OC(=O)C(c1cc(F)cc(OC2CCOCC2)c1C1CC1)N1CC(OCCCCCc2ccc3c(n2)NCCC3)C1. The van der Waals surface area contributed by atoms with Crippen LogP contribution in [0.5, 0.6) is 5.75 Å². The Morgan fingerprint density at radius 1 is 1.09 bits per heavy atom. The average molecular weight is 624 g/mol. The lowest BCUT2D eigenvalue weighted by molar-refractivity contribution is -0.168. The highest BCUT2D eigenvalue weighted by Crippen LogP contribution is 2.49. The summed E-state index contributed by atoms with van der Waals surface area (Å²) in [4.78, 5) is 20.6. The van der Waals surface area contributed by atoms with Gasteiger partial charge in [0.05, 0.1) is 19.3 Å². The number of halogens is 1. The van der Waals surface area contributed by atoms with Crippen LogP contribution in [0.1, 0.15) is 106 Å². The molecule has 0 amide bonds. The van der Waals surface area contributed by atoms with Gasteiger partial charge < -0.3 is 24.3 Å². The Kier molecular flexibility index (Phi) is 10.3. The first-order chi connectivity index (χ1) is 21.7. The number of esters is 1. The molecule has 1 N–H and O–H groups in total. The van der Waals surface area contributed by atoms with Crippen molar-refractivity contribution in [1.82, 2.24) is 9.88 Å². The molecule has 9 heteroatoms. The van der Waals surface area contributed by atoms with E-state index in [0.717, 1.165) is 81.4 Å². The maximum atomic E-state index is 15.2. The van der Waals surface area contributed by atoms with Gasteiger partial charge in [-0.25, -0.2) is 14.2 Å². The van der Waals surface area contributed by atoms with Crippen molar-refractivity contribution in [2.24, 2.45) is 0 Å². The first kappa shape index (κ1) is 32.2. The molecule has 0 radical (unpaired) electrons. The molecular weight excluding hydrogens is 573 g/mol. The zero-order valence-corrected chi connectivity index (χ0v) is 27.2. The molecule has 1 aromatic carbocycles. The Labute approximate surface area is 267 Å². The predicted octanol–water partition coefficient (Wildman–Crippen LogP) is 6.51. The van der Waals surface area contributed by atoms with E-state index in [4.69, 9.17) is 23.9 Å². The van der Waals surface area contributed by atoms with E-state index in [0.29, 0.717) is 44.2 Å². The van der Waals surface area contributed by atoms with Gasteiger partial charge >= 0.3 is 5.97 Å². The fourth-order valence-corrected chi connectivity index (χ4v) is 6.68. The van der Waals surface area contributed by atoms with Crippen LogP contribution in [-0.2, 0) is 31.8 Å². The number of hydrogen-bond acceptors (Lipinski definition) is 8. The maximum Gasteiger partial charge on any atom is 0.328 e. The van der Waals surface area contributed by atoms with Crippen LogP contribution in [-0.4, -0.2) is 73.1 Å². The van der Waals surface area contributed by atoms with E-state index < -0.39 is 11.6 Å². The number of ether oxygens (including phenoxy) is 4. The Bertz CT molecular complexity index is 1310. The zero-order valence-electron chi connectivity index (χ0n) is 27.2. The van der Waals surface area contributed by atoms with E-state index in [2.05, 4.69) is 22.3 Å². The molecule has 1 atom stereocenters. The number of unbranched alkanes of at least 4 members (excludes halogenated alkanes) is 2. The molecule has 2 saturated heterocycles. The number of pyridine rings is 1. The molecule has 246 valence electrons. The number of nitrogens with zero attached hydrogens (tertiary/aromatic N) is 2. The number of benzene rings is 1. The number of aromatic nitrogens is 1. The van der Waals surface area contributed by atoms with Crippen LogP contribution in [0, 0.1) is 5.82 Å². The summed E-state index contributed by atoms with van der Waals surface area (Å²) in [6.45, 7) is 9.80. The summed E-state index contributed by atoms with van der Waals surface area (Å²) >= 11 is 0. The molecule has 0 spiro atoms. The summed E-state index contributed by atoms with van der Waals surface area (Å²) in [5, 5.41) is 3.42. The molecule has 8 nitrogen and oxygen atoms in total. The molecule has 3 fully saturated rings. The van der Waals surface area contributed by atoms with Crippen molar-refractivity contribution in [3.05, 3.63) is 52.5 Å². The third-order valence-electron chi connectivity index (χ3n) is 9.14. The molecule has 1 saturated carbocycles. The summed E-state index contributed by atoms with van der Waals surface area (Å²) in [6.07, 6.45) is 9.99. The van der Waals surface area contributed by atoms with Crippen molar-refractivity contribution in [3.63, 3.8) is 0 Å². The van der Waals surface area contributed by atoms with Gasteiger partial charge in [0.2, 0.25) is 0 Å². The highest BCUT2D eigenvalue weighted by Gasteiger charge is 2.43. The minimum absolute atomic E-state index is 0.0149. The maximum absolute atomic E-state index is 15.2. The van der Waals surface area contributed by atoms with Gasteiger partial charge in [0.1, 0.15) is 35.1 Å². The molecular formula is C36H50FN3O5. The first-order valence-corrected chi connectivity index (χ1v) is 17.1. The topological polar surface area (TPSA) is 82.2 Å². The minimum atomic E-state index is -0.703. The second-order valence-corrected chi connectivity index (χ2v) is 14.1. The molecule has 4 aliphatic rings. The van der Waals surface area contributed by atoms with E-state index in [9.17, 15) is 4.79 Å². The van der Waals surface area contributed by atoms with Crippen LogP contribution in [0.4, 0.5) is 10.2 Å². The highest BCUT2D eigenvalue weighted by molar-refractivity contribution is 5.79. The fourth-order valence-electron chi connectivity index (χ4n) is 6.68. The molecule has 6 rings (SSSR count). The van der Waals surface area contributed by atoms with Crippen molar-refractivity contribution in [2.45, 2.75) is 115 Å². The number of carbonyl (C=O) groups is 1. The Morgan fingerprint density at radius 2 is 1.89 bits per heavy atom. The monoisotopic (exact) mass is 623 g/mol. The number of likely N-dealkylation sites (tertiary alicyclic amines) is 1. The summed E-state index contributed by atoms with van der Waals surface area (Å²) in [5.41, 5.74) is 3.46. The van der Waals surface area contributed by atoms with E-state index in [1.165, 1.54) is 24.1 Å². The third kappa shape index (κ3) is 8.54. The highest BCUT2D eigenvalue weighted by atomic mass is 19.1. The minimum Gasteiger partial charge on any atom is -0.490 e. The Balaban J connectivity index is 1.05. The van der Waals surface area contributed by atoms with Gasteiger partial charge in [-0.05, 0) is 94.9 Å². The number of hydrogen-bond donors (Lipinski definition) is 1. The van der Waals surface area contributed by atoms with Crippen molar-refractivity contribution < 1.29 is 28.1 Å². The zero-order chi connectivity index (χ0) is 31.4. The largest absolute Gasteiger partial charge is 0.490 e. The van der Waals surface area contributed by atoms with Crippen LogP contribution in [0.3, 0.4) is 0 Å². The van der Waals surface area contributed by atoms with Gasteiger partial charge in [0.25, 0.3) is 0 Å². The number of carbonyl (C=O) groups excluding carboxylic acids is 1. The lowest BCUT2D eigenvalue weighted by atomic mass is 9.92. The first-order valence-electron chi connectivity index (χ1n) is 17.1. The lowest BCUT2D eigenvalue weighted by Gasteiger charge is -2.44. The number of rotatable bonds is 13. The third-order valence-corrected chi connectivity index (χ3v) is 9.14. The van der Waals surface area contributed by atoms with E-state index in [-0.39, 0.29) is 29.9 Å². The Hall–Kier alpha value is -2.75. The average Bonchev–Trinajstić information content (AvgIpc) is 3.82. The van der Waals surface area contributed by atoms with Crippen LogP contribution in [0.2, 0.25) is 0 Å². The van der Waals surface area contributed by atoms with Gasteiger partial charge in [0.15, 0.2) is 0 Å². The second kappa shape index (κ2) is 14.3. The molecule has 1 unspecified atom stereocenters. The fraction of sp³-hybridized carbons (Fsp3) is 0.667. The molecule has 45 heavy (non-hydrogen) atoms. The molecule has 2 aromatic rings. The summed E-state index contributed by atoms with van der Waals surface area (Å²) < 4.78 is 39.2.